The highest BCUT2D eigenvalue weighted by atomic mass is 32.5. The van der Waals surface area contributed by atoms with Gasteiger partial charge in [-0.05, 0) is 54.0 Å². The Balaban J connectivity index is 5.49. The molecule has 0 unspecified atom stereocenters. The van der Waals surface area contributed by atoms with Crippen LogP contribution in [0.5, 0.6) is 0 Å². The van der Waals surface area contributed by atoms with E-state index in [0.29, 0.717) is 25.6 Å². The molecule has 0 spiro atoms. The minimum absolute atomic E-state index is 0.309. The summed E-state index contributed by atoms with van der Waals surface area (Å²) in [5, 5.41) is 0. The molecule has 0 aromatic rings. The van der Waals surface area contributed by atoms with Gasteiger partial charge in [0.2, 0.25) is 0 Å². The summed E-state index contributed by atoms with van der Waals surface area (Å²) in [4.78, 5) is 12.2. The SMILES string of the molecule is CCOC(=O)C(C)(C)C(OP(=S)(OCC)OCC)=C(C)C. The van der Waals surface area contributed by atoms with E-state index in [1.165, 1.54) is 0 Å². The lowest BCUT2D eigenvalue weighted by Crippen LogP contribution is -2.30. The van der Waals surface area contributed by atoms with Gasteiger partial charge in [-0.25, -0.2) is 0 Å². The van der Waals surface area contributed by atoms with Gasteiger partial charge in [0.15, 0.2) is 0 Å². The molecular formula is C14H27O5PS. The fourth-order valence-electron chi connectivity index (χ4n) is 1.75. The van der Waals surface area contributed by atoms with Gasteiger partial charge in [0, 0.05) is 11.8 Å². The first-order chi connectivity index (χ1) is 9.64. The average Bonchev–Trinajstić information content (AvgIpc) is 2.36. The van der Waals surface area contributed by atoms with E-state index in [2.05, 4.69) is 0 Å². The quantitative estimate of drug-likeness (QED) is 0.357. The van der Waals surface area contributed by atoms with E-state index in [0.717, 1.165) is 5.57 Å². The molecule has 21 heavy (non-hydrogen) atoms. The second kappa shape index (κ2) is 8.89. The average molecular weight is 338 g/mol. The number of ether oxygens (including phenoxy) is 1. The zero-order chi connectivity index (χ0) is 16.7. The van der Waals surface area contributed by atoms with Crippen LogP contribution in [-0.4, -0.2) is 25.8 Å². The predicted molar refractivity (Wildman–Crippen MR) is 87.4 cm³/mol. The molecule has 0 aliphatic heterocycles. The second-order valence-electron chi connectivity index (χ2n) is 5.05. The van der Waals surface area contributed by atoms with Crippen LogP contribution in [0.25, 0.3) is 0 Å². The fourth-order valence-corrected chi connectivity index (χ4v) is 4.06. The summed E-state index contributed by atoms with van der Waals surface area (Å²) in [6.07, 6.45) is 0. The van der Waals surface area contributed by atoms with Gasteiger partial charge in [-0.1, -0.05) is 0 Å². The van der Waals surface area contributed by atoms with Gasteiger partial charge in [0.1, 0.15) is 11.2 Å². The van der Waals surface area contributed by atoms with Crippen molar-refractivity contribution in [1.29, 1.82) is 0 Å². The number of esters is 1. The number of allylic oxidation sites excluding steroid dienone is 1. The van der Waals surface area contributed by atoms with Crippen molar-refractivity contribution in [1.82, 2.24) is 0 Å². The summed E-state index contributed by atoms with van der Waals surface area (Å²) in [5.41, 5.74) is -0.116. The van der Waals surface area contributed by atoms with Gasteiger partial charge < -0.3 is 9.26 Å². The Morgan fingerprint density at radius 1 is 1.05 bits per heavy atom. The van der Waals surface area contributed by atoms with E-state index in [4.69, 9.17) is 30.1 Å². The monoisotopic (exact) mass is 338 g/mol. The maximum Gasteiger partial charge on any atom is 0.380 e. The van der Waals surface area contributed by atoms with Gasteiger partial charge in [-0.15, -0.1) is 0 Å². The first-order valence-electron chi connectivity index (χ1n) is 7.08. The van der Waals surface area contributed by atoms with Crippen LogP contribution in [-0.2, 0) is 34.9 Å². The summed E-state index contributed by atoms with van der Waals surface area (Å²) >= 11 is 5.37. The lowest BCUT2D eigenvalue weighted by molar-refractivity contribution is -0.152. The van der Waals surface area contributed by atoms with E-state index >= 15 is 0 Å². The van der Waals surface area contributed by atoms with Gasteiger partial charge in [-0.2, -0.15) is 0 Å². The van der Waals surface area contributed by atoms with Crippen molar-refractivity contribution in [3.63, 3.8) is 0 Å². The normalized spacial score (nSPS) is 12.0. The van der Waals surface area contributed by atoms with Crippen molar-refractivity contribution in [2.45, 2.75) is 48.5 Å². The molecule has 0 amide bonds. The molecule has 124 valence electrons. The molecule has 0 N–H and O–H groups in total. The first kappa shape index (κ1) is 20.6. The molecule has 0 saturated heterocycles. The maximum absolute atomic E-state index is 12.2. The van der Waals surface area contributed by atoms with Crippen LogP contribution in [0.3, 0.4) is 0 Å². The van der Waals surface area contributed by atoms with E-state index in [1.807, 2.05) is 27.7 Å². The lowest BCUT2D eigenvalue weighted by atomic mass is 9.89. The summed E-state index contributed by atoms with van der Waals surface area (Å²) in [5.74, 6) is 0.0851. The van der Waals surface area contributed by atoms with Crippen LogP contribution in [0.2, 0.25) is 0 Å². The molecule has 0 bridgehead atoms. The van der Waals surface area contributed by atoms with Crippen molar-refractivity contribution >= 4 is 24.5 Å². The van der Waals surface area contributed by atoms with Crippen LogP contribution in [0.15, 0.2) is 11.3 Å². The van der Waals surface area contributed by atoms with Crippen molar-refractivity contribution in [3.8, 4) is 0 Å². The van der Waals surface area contributed by atoms with Crippen LogP contribution in [0, 0.1) is 5.41 Å². The molecule has 0 aliphatic rings. The molecule has 0 heterocycles. The van der Waals surface area contributed by atoms with Gasteiger partial charge >= 0.3 is 12.7 Å². The first-order valence-corrected chi connectivity index (χ1v) is 9.64. The number of hydrogen-bond donors (Lipinski definition) is 0. The Bertz CT molecular complexity index is 417. The van der Waals surface area contributed by atoms with Gasteiger partial charge in [-0.3, -0.25) is 13.8 Å². The van der Waals surface area contributed by atoms with Gasteiger partial charge in [0.05, 0.1) is 19.8 Å². The zero-order valence-corrected chi connectivity index (χ0v) is 15.7. The molecule has 0 rings (SSSR count). The highest BCUT2D eigenvalue weighted by Gasteiger charge is 2.39. The summed E-state index contributed by atoms with van der Waals surface area (Å²) in [6.45, 7) is 10.8. The van der Waals surface area contributed by atoms with Crippen molar-refractivity contribution < 1.29 is 23.1 Å². The third-order valence-electron chi connectivity index (χ3n) is 2.59. The zero-order valence-electron chi connectivity index (χ0n) is 14.0. The number of carbonyl (C=O) groups excluding carboxylic acids is 1. The molecule has 7 heteroatoms. The minimum Gasteiger partial charge on any atom is -0.465 e. The molecule has 5 nitrogen and oxygen atoms in total. The topological polar surface area (TPSA) is 54.0 Å². The third kappa shape index (κ3) is 6.07. The molecule has 0 aromatic carbocycles. The summed E-state index contributed by atoms with van der Waals surface area (Å²) in [6, 6.07) is 0. The summed E-state index contributed by atoms with van der Waals surface area (Å²) < 4.78 is 21.9. The molecule has 0 atom stereocenters. The highest BCUT2D eigenvalue weighted by Crippen LogP contribution is 2.54. The van der Waals surface area contributed by atoms with E-state index < -0.39 is 12.1 Å². The Kier molecular flexibility index (Phi) is 8.71. The Labute approximate surface area is 133 Å². The van der Waals surface area contributed by atoms with E-state index in [9.17, 15) is 4.79 Å². The van der Waals surface area contributed by atoms with Crippen molar-refractivity contribution in [3.05, 3.63) is 11.3 Å². The lowest BCUT2D eigenvalue weighted by Gasteiger charge is -2.31. The molecule has 0 radical (unpaired) electrons. The van der Waals surface area contributed by atoms with Crippen LogP contribution in [0.4, 0.5) is 0 Å². The predicted octanol–water partition coefficient (Wildman–Crippen LogP) is 4.18. The van der Waals surface area contributed by atoms with Gasteiger partial charge in [0.25, 0.3) is 0 Å². The molecular weight excluding hydrogens is 311 g/mol. The fraction of sp³-hybridized carbons (Fsp3) is 0.786. The van der Waals surface area contributed by atoms with E-state index in [-0.39, 0.29) is 5.97 Å². The number of carbonyl (C=O) groups is 1. The standard InChI is InChI=1S/C14H27O5PS/c1-8-16-13(15)14(6,7)12(11(4)5)19-20(21,17-9-2)18-10-3/h8-10H2,1-7H3. The minimum atomic E-state index is -2.92. The van der Waals surface area contributed by atoms with Crippen LogP contribution in [0.1, 0.15) is 48.5 Å². The van der Waals surface area contributed by atoms with E-state index in [1.54, 1.807) is 20.8 Å². The number of hydrogen-bond acceptors (Lipinski definition) is 6. The smallest absolute Gasteiger partial charge is 0.380 e. The largest absolute Gasteiger partial charge is 0.465 e. The Morgan fingerprint density at radius 2 is 1.52 bits per heavy atom. The van der Waals surface area contributed by atoms with Crippen molar-refractivity contribution in [2.75, 3.05) is 19.8 Å². The Morgan fingerprint density at radius 3 is 1.86 bits per heavy atom. The third-order valence-corrected chi connectivity index (χ3v) is 5.00. The van der Waals surface area contributed by atoms with Crippen LogP contribution < -0.4 is 0 Å². The van der Waals surface area contributed by atoms with Crippen LogP contribution >= 0.6 is 6.72 Å². The molecule has 0 aromatic heterocycles. The van der Waals surface area contributed by atoms with Crippen molar-refractivity contribution in [2.24, 2.45) is 5.41 Å². The number of rotatable bonds is 9. The maximum atomic E-state index is 12.2. The molecule has 0 aliphatic carbocycles. The molecule has 0 fully saturated rings. The Hall–Kier alpha value is -0.420. The second-order valence-corrected chi connectivity index (χ2v) is 7.98. The molecule has 0 saturated carbocycles. The summed E-state index contributed by atoms with van der Waals surface area (Å²) in [7, 11) is 0. The highest BCUT2D eigenvalue weighted by molar-refractivity contribution is 8.07.